The first-order chi connectivity index (χ1) is 16.1. The largest absolute Gasteiger partial charge is 0.481 e. The van der Waals surface area contributed by atoms with Crippen LogP contribution in [0.3, 0.4) is 0 Å². The zero-order valence-corrected chi connectivity index (χ0v) is 22.5. The highest BCUT2D eigenvalue weighted by molar-refractivity contribution is 5.66. The minimum atomic E-state index is -0.661. The van der Waals surface area contributed by atoms with Gasteiger partial charge in [-0.15, -0.1) is 0 Å². The van der Waals surface area contributed by atoms with Crippen LogP contribution in [0.25, 0.3) is 0 Å². The first-order valence-corrected chi connectivity index (χ1v) is 14.4. The molecule has 0 radical (unpaired) electrons. The molecule has 0 bridgehead atoms. The van der Waals surface area contributed by atoms with Crippen molar-refractivity contribution >= 4 is 5.97 Å². The van der Waals surface area contributed by atoms with Gasteiger partial charge in [-0.05, 0) is 104 Å². The Hall–Kier alpha value is -0.650. The molecule has 10 unspecified atom stereocenters. The monoisotopic (exact) mass is 476 g/mol. The van der Waals surface area contributed by atoms with E-state index in [1.807, 2.05) is 0 Å². The molecular formula is C29H52N2O3. The summed E-state index contributed by atoms with van der Waals surface area (Å²) in [5.41, 5.74) is 0.592. The molecule has 0 amide bonds. The molecule has 4 fully saturated rings. The Morgan fingerprint density at radius 1 is 0.941 bits per heavy atom. The second kappa shape index (κ2) is 10.4. The lowest BCUT2D eigenvalue weighted by molar-refractivity contribution is -0.162. The van der Waals surface area contributed by atoms with Crippen LogP contribution in [0.15, 0.2) is 0 Å². The van der Waals surface area contributed by atoms with Crippen LogP contribution in [0.2, 0.25) is 0 Å². The Morgan fingerprint density at radius 3 is 2.35 bits per heavy atom. The number of carboxylic acids is 1. The van der Waals surface area contributed by atoms with Crippen LogP contribution >= 0.6 is 0 Å². The van der Waals surface area contributed by atoms with E-state index in [1.165, 1.54) is 38.5 Å². The Bertz CT molecular complexity index is 713. The van der Waals surface area contributed by atoms with Gasteiger partial charge in [-0.2, -0.15) is 0 Å². The van der Waals surface area contributed by atoms with Crippen LogP contribution < -0.4 is 10.6 Å². The average Bonchev–Trinajstić information content (AvgIpc) is 3.13. The van der Waals surface area contributed by atoms with Crippen molar-refractivity contribution < 1.29 is 15.0 Å². The Kier molecular flexibility index (Phi) is 8.06. The van der Waals surface area contributed by atoms with Gasteiger partial charge in [0.25, 0.3) is 0 Å². The molecule has 0 saturated heterocycles. The van der Waals surface area contributed by atoms with Crippen LogP contribution in [-0.4, -0.2) is 47.5 Å². The third-order valence-corrected chi connectivity index (χ3v) is 11.4. The number of nitrogens with one attached hydrogen (secondary N) is 2. The molecule has 5 nitrogen and oxygen atoms in total. The smallest absolute Gasteiger partial charge is 0.303 e. The molecule has 0 spiro atoms. The molecule has 0 heterocycles. The molecular weight excluding hydrogens is 424 g/mol. The predicted molar refractivity (Wildman–Crippen MR) is 138 cm³/mol. The van der Waals surface area contributed by atoms with Gasteiger partial charge in [-0.1, -0.05) is 34.6 Å². The minimum absolute atomic E-state index is 0.171. The normalized spacial score (nSPS) is 44.9. The zero-order valence-electron chi connectivity index (χ0n) is 22.5. The van der Waals surface area contributed by atoms with E-state index in [0.29, 0.717) is 53.5 Å². The van der Waals surface area contributed by atoms with E-state index in [2.05, 4.69) is 45.3 Å². The molecule has 4 aliphatic carbocycles. The Morgan fingerprint density at radius 2 is 1.65 bits per heavy atom. The van der Waals surface area contributed by atoms with E-state index < -0.39 is 5.97 Å². The summed E-state index contributed by atoms with van der Waals surface area (Å²) in [6.07, 6.45) is 10.6. The van der Waals surface area contributed by atoms with E-state index >= 15 is 0 Å². The number of rotatable bonds is 9. The third-order valence-electron chi connectivity index (χ3n) is 11.4. The molecule has 10 atom stereocenters. The summed E-state index contributed by atoms with van der Waals surface area (Å²) in [7, 11) is 0. The molecule has 196 valence electrons. The number of aliphatic carboxylic acids is 1. The second-order valence-electron chi connectivity index (χ2n) is 13.5. The van der Waals surface area contributed by atoms with Gasteiger partial charge < -0.3 is 20.8 Å². The molecule has 4 saturated carbocycles. The van der Waals surface area contributed by atoms with E-state index in [9.17, 15) is 15.0 Å². The molecule has 4 aliphatic rings. The second-order valence-corrected chi connectivity index (χ2v) is 13.5. The fraction of sp³-hybridized carbons (Fsp3) is 0.966. The summed E-state index contributed by atoms with van der Waals surface area (Å²) >= 11 is 0. The molecule has 0 aromatic carbocycles. The summed E-state index contributed by atoms with van der Waals surface area (Å²) in [5, 5.41) is 28.0. The summed E-state index contributed by atoms with van der Waals surface area (Å²) in [6, 6.07) is 1.07. The number of aliphatic hydroxyl groups is 1. The van der Waals surface area contributed by atoms with Gasteiger partial charge in [-0.25, -0.2) is 0 Å². The lowest BCUT2D eigenvalue weighted by Crippen LogP contribution is -2.59. The van der Waals surface area contributed by atoms with Crippen molar-refractivity contribution in [2.75, 3.05) is 13.1 Å². The molecule has 4 rings (SSSR count). The van der Waals surface area contributed by atoms with E-state index in [1.54, 1.807) is 0 Å². The molecule has 0 aromatic heterocycles. The quantitative estimate of drug-likeness (QED) is 0.349. The summed E-state index contributed by atoms with van der Waals surface area (Å²) in [4.78, 5) is 11.2. The van der Waals surface area contributed by atoms with Gasteiger partial charge in [0, 0.05) is 31.6 Å². The highest BCUT2D eigenvalue weighted by Crippen LogP contribution is 2.68. The van der Waals surface area contributed by atoms with Crippen molar-refractivity contribution in [3.05, 3.63) is 0 Å². The number of hydrogen-bond donors (Lipinski definition) is 4. The molecule has 0 aliphatic heterocycles. The Labute approximate surface area is 208 Å². The Balaban J connectivity index is 1.41. The first-order valence-electron chi connectivity index (χ1n) is 14.4. The van der Waals surface area contributed by atoms with Gasteiger partial charge >= 0.3 is 5.97 Å². The van der Waals surface area contributed by atoms with Crippen LogP contribution in [0, 0.1) is 46.3 Å². The lowest BCUT2D eigenvalue weighted by atomic mass is 9.43. The first kappa shape index (κ1) is 26.4. The number of carboxylic acid groups (broad SMARTS) is 1. The van der Waals surface area contributed by atoms with Gasteiger partial charge in [0.15, 0.2) is 0 Å². The maximum absolute atomic E-state index is 11.5. The van der Waals surface area contributed by atoms with Gasteiger partial charge in [0.2, 0.25) is 0 Å². The highest BCUT2D eigenvalue weighted by Gasteiger charge is 2.62. The number of hydrogen-bond acceptors (Lipinski definition) is 4. The fourth-order valence-corrected chi connectivity index (χ4v) is 9.65. The van der Waals surface area contributed by atoms with Gasteiger partial charge in [0.1, 0.15) is 0 Å². The number of carbonyl (C=O) groups is 1. The van der Waals surface area contributed by atoms with Crippen LogP contribution in [0.1, 0.15) is 98.8 Å². The standard InChI is InChI=1S/C29H52N2O3/c1-18(2)30-14-15-31-20-10-12-29(5)24-11-13-28(4)22(19(3)6-9-27(33)34)7-8-23(28)21(24)17-26(32)25(29)16-20/h18-26,30-32H,6-17H2,1-5H3,(H,33,34). The fourth-order valence-electron chi connectivity index (χ4n) is 9.65. The molecule has 34 heavy (non-hydrogen) atoms. The summed E-state index contributed by atoms with van der Waals surface area (Å²) < 4.78 is 0. The van der Waals surface area contributed by atoms with Crippen molar-refractivity contribution in [3.63, 3.8) is 0 Å². The van der Waals surface area contributed by atoms with Crippen molar-refractivity contribution in [1.82, 2.24) is 10.6 Å². The van der Waals surface area contributed by atoms with E-state index in [0.717, 1.165) is 38.3 Å². The predicted octanol–water partition coefficient (Wildman–Crippen LogP) is 5.07. The number of fused-ring (bicyclic) bond motifs is 5. The topological polar surface area (TPSA) is 81.6 Å². The SMILES string of the molecule is CC(C)NCCNC1CCC2(C)C(C1)C(O)CC1C3CCC(C(C)CCC(=O)O)C3(C)CCC12. The van der Waals surface area contributed by atoms with Gasteiger partial charge in [0.05, 0.1) is 6.10 Å². The minimum Gasteiger partial charge on any atom is -0.481 e. The van der Waals surface area contributed by atoms with Crippen molar-refractivity contribution in [3.8, 4) is 0 Å². The lowest BCUT2D eigenvalue weighted by Gasteiger charge is -2.62. The maximum atomic E-state index is 11.5. The summed E-state index contributed by atoms with van der Waals surface area (Å²) in [5.74, 6) is 2.97. The molecule has 5 heteroatoms. The van der Waals surface area contributed by atoms with Crippen LogP contribution in [-0.2, 0) is 4.79 Å². The molecule has 4 N–H and O–H groups in total. The van der Waals surface area contributed by atoms with Crippen LogP contribution in [0.5, 0.6) is 0 Å². The highest BCUT2D eigenvalue weighted by atomic mass is 16.4. The zero-order chi connectivity index (χ0) is 24.7. The van der Waals surface area contributed by atoms with E-state index in [4.69, 9.17) is 0 Å². The van der Waals surface area contributed by atoms with Crippen molar-refractivity contribution in [2.24, 2.45) is 46.3 Å². The van der Waals surface area contributed by atoms with Crippen molar-refractivity contribution in [1.29, 1.82) is 0 Å². The van der Waals surface area contributed by atoms with Crippen molar-refractivity contribution in [2.45, 2.75) is 117 Å². The van der Waals surface area contributed by atoms with Gasteiger partial charge in [-0.3, -0.25) is 4.79 Å². The maximum Gasteiger partial charge on any atom is 0.303 e. The third kappa shape index (κ3) is 4.95. The van der Waals surface area contributed by atoms with Crippen LogP contribution in [0.4, 0.5) is 0 Å². The summed E-state index contributed by atoms with van der Waals surface area (Å²) in [6.45, 7) is 13.8. The molecule has 0 aromatic rings. The average molecular weight is 477 g/mol. The van der Waals surface area contributed by atoms with E-state index in [-0.39, 0.29) is 11.5 Å². The number of aliphatic hydroxyl groups excluding tert-OH is 1.